The predicted molar refractivity (Wildman–Crippen MR) is 86.8 cm³/mol. The average molecular weight is 289 g/mol. The summed E-state index contributed by atoms with van der Waals surface area (Å²) in [7, 11) is 0. The molecule has 0 saturated carbocycles. The lowest BCUT2D eigenvalue weighted by Crippen LogP contribution is -2.02. The van der Waals surface area contributed by atoms with E-state index in [1.165, 1.54) is 5.56 Å². The molecule has 1 N–H and O–H groups in total. The van der Waals surface area contributed by atoms with Gasteiger partial charge >= 0.3 is 0 Å². The van der Waals surface area contributed by atoms with Crippen LogP contribution in [-0.2, 0) is 6.54 Å². The first-order valence-electron chi connectivity index (χ1n) is 7.18. The molecule has 108 valence electrons. The standard InChI is InChI=1S/C17H15N5/c1-12-5-4-8-22-11-13(20-17(12)22)9-19-16-10-18-14-6-2-3-7-15(14)21-16/h2-8,10-11H,9H2,1H3,(H,19,21). The number of aromatic nitrogens is 4. The van der Waals surface area contributed by atoms with Gasteiger partial charge in [-0.2, -0.15) is 0 Å². The number of imidazole rings is 1. The first kappa shape index (κ1) is 12.8. The first-order chi connectivity index (χ1) is 10.8. The molecule has 4 aromatic rings. The Bertz CT molecular complexity index is 958. The van der Waals surface area contributed by atoms with E-state index in [0.29, 0.717) is 6.54 Å². The van der Waals surface area contributed by atoms with E-state index in [1.807, 2.05) is 47.1 Å². The van der Waals surface area contributed by atoms with Crippen LogP contribution in [0, 0.1) is 6.92 Å². The molecule has 0 aliphatic rings. The van der Waals surface area contributed by atoms with Crippen LogP contribution >= 0.6 is 0 Å². The molecule has 5 heteroatoms. The van der Waals surface area contributed by atoms with Gasteiger partial charge in [0.2, 0.25) is 0 Å². The summed E-state index contributed by atoms with van der Waals surface area (Å²) in [4.78, 5) is 13.6. The topological polar surface area (TPSA) is 55.1 Å². The fourth-order valence-electron chi connectivity index (χ4n) is 2.51. The van der Waals surface area contributed by atoms with Crippen LogP contribution in [0.2, 0.25) is 0 Å². The van der Waals surface area contributed by atoms with Crippen molar-refractivity contribution in [1.82, 2.24) is 19.4 Å². The zero-order chi connectivity index (χ0) is 14.9. The van der Waals surface area contributed by atoms with Gasteiger partial charge in [-0.3, -0.25) is 4.98 Å². The maximum Gasteiger partial charge on any atom is 0.145 e. The number of para-hydroxylation sites is 2. The maximum atomic E-state index is 4.64. The molecule has 0 saturated heterocycles. The van der Waals surface area contributed by atoms with Crippen LogP contribution in [-0.4, -0.2) is 19.4 Å². The number of nitrogens with zero attached hydrogens (tertiary/aromatic N) is 4. The SMILES string of the molecule is Cc1cccn2cc(CNc3cnc4ccccc4n3)nc12. The van der Waals surface area contributed by atoms with E-state index in [0.717, 1.165) is 28.2 Å². The lowest BCUT2D eigenvalue weighted by Gasteiger charge is -2.04. The van der Waals surface area contributed by atoms with E-state index in [2.05, 4.69) is 33.3 Å². The van der Waals surface area contributed by atoms with Crippen LogP contribution in [0.15, 0.2) is 55.0 Å². The van der Waals surface area contributed by atoms with Crippen molar-refractivity contribution in [2.75, 3.05) is 5.32 Å². The number of nitrogens with one attached hydrogen (secondary N) is 1. The molecule has 0 radical (unpaired) electrons. The number of fused-ring (bicyclic) bond motifs is 2. The lowest BCUT2D eigenvalue weighted by molar-refractivity contribution is 1.06. The molecule has 0 aliphatic heterocycles. The number of hydrogen-bond acceptors (Lipinski definition) is 4. The molecule has 0 aliphatic carbocycles. The van der Waals surface area contributed by atoms with Gasteiger partial charge in [0.25, 0.3) is 0 Å². The van der Waals surface area contributed by atoms with Gasteiger partial charge in [-0.25, -0.2) is 9.97 Å². The Morgan fingerprint density at radius 2 is 1.91 bits per heavy atom. The predicted octanol–water partition coefficient (Wildman–Crippen LogP) is 3.20. The van der Waals surface area contributed by atoms with Crippen molar-refractivity contribution < 1.29 is 0 Å². The Hall–Kier alpha value is -2.95. The van der Waals surface area contributed by atoms with Crippen molar-refractivity contribution in [2.45, 2.75) is 13.5 Å². The summed E-state index contributed by atoms with van der Waals surface area (Å²) in [5.41, 5.74) is 4.92. The number of benzene rings is 1. The number of pyridine rings is 1. The summed E-state index contributed by atoms with van der Waals surface area (Å²) in [5.74, 6) is 0.757. The molecule has 4 rings (SSSR count). The minimum atomic E-state index is 0.619. The van der Waals surface area contributed by atoms with Crippen LogP contribution in [0.4, 0.5) is 5.82 Å². The molecule has 0 atom stereocenters. The fourth-order valence-corrected chi connectivity index (χ4v) is 2.51. The third-order valence-corrected chi connectivity index (χ3v) is 3.63. The molecular formula is C17H15N5. The minimum Gasteiger partial charge on any atom is -0.363 e. The van der Waals surface area contributed by atoms with E-state index in [4.69, 9.17) is 0 Å². The van der Waals surface area contributed by atoms with E-state index in [9.17, 15) is 0 Å². The Morgan fingerprint density at radius 3 is 2.77 bits per heavy atom. The highest BCUT2D eigenvalue weighted by Gasteiger charge is 2.04. The molecule has 3 aromatic heterocycles. The maximum absolute atomic E-state index is 4.64. The van der Waals surface area contributed by atoms with E-state index in [1.54, 1.807) is 6.20 Å². The van der Waals surface area contributed by atoms with Crippen molar-refractivity contribution >= 4 is 22.5 Å². The summed E-state index contributed by atoms with van der Waals surface area (Å²) in [6.07, 6.45) is 5.79. The van der Waals surface area contributed by atoms with Gasteiger partial charge in [0, 0.05) is 12.4 Å². The van der Waals surface area contributed by atoms with E-state index < -0.39 is 0 Å². The fraction of sp³-hybridized carbons (Fsp3) is 0.118. The number of aryl methyl sites for hydroxylation is 1. The van der Waals surface area contributed by atoms with Gasteiger partial charge in [-0.05, 0) is 30.7 Å². The lowest BCUT2D eigenvalue weighted by atomic mass is 10.3. The van der Waals surface area contributed by atoms with Crippen molar-refractivity contribution in [1.29, 1.82) is 0 Å². The third-order valence-electron chi connectivity index (χ3n) is 3.63. The molecule has 22 heavy (non-hydrogen) atoms. The van der Waals surface area contributed by atoms with Crippen molar-refractivity contribution in [3.05, 3.63) is 66.2 Å². The summed E-state index contributed by atoms with van der Waals surface area (Å²) >= 11 is 0. The first-order valence-corrected chi connectivity index (χ1v) is 7.18. The monoisotopic (exact) mass is 289 g/mol. The third kappa shape index (κ3) is 2.26. The quantitative estimate of drug-likeness (QED) is 0.629. The molecule has 1 aromatic carbocycles. The molecule has 0 amide bonds. The zero-order valence-corrected chi connectivity index (χ0v) is 12.2. The number of hydrogen-bond donors (Lipinski definition) is 1. The Labute approximate surface area is 127 Å². The minimum absolute atomic E-state index is 0.619. The summed E-state index contributed by atoms with van der Waals surface area (Å²) in [6.45, 7) is 2.68. The van der Waals surface area contributed by atoms with Crippen LogP contribution in [0.3, 0.4) is 0 Å². The summed E-state index contributed by atoms with van der Waals surface area (Å²) in [5, 5.41) is 3.28. The van der Waals surface area contributed by atoms with Crippen LogP contribution in [0.5, 0.6) is 0 Å². The Morgan fingerprint density at radius 1 is 1.05 bits per heavy atom. The van der Waals surface area contributed by atoms with E-state index in [-0.39, 0.29) is 0 Å². The summed E-state index contributed by atoms with van der Waals surface area (Å²) < 4.78 is 2.04. The highest BCUT2D eigenvalue weighted by Crippen LogP contribution is 2.13. The molecular weight excluding hydrogens is 274 g/mol. The number of rotatable bonds is 3. The largest absolute Gasteiger partial charge is 0.363 e. The Balaban J connectivity index is 1.58. The van der Waals surface area contributed by atoms with Gasteiger partial charge in [0.15, 0.2) is 0 Å². The molecule has 5 nitrogen and oxygen atoms in total. The smallest absolute Gasteiger partial charge is 0.145 e. The van der Waals surface area contributed by atoms with Crippen LogP contribution < -0.4 is 5.32 Å². The van der Waals surface area contributed by atoms with Crippen molar-refractivity contribution in [3.8, 4) is 0 Å². The van der Waals surface area contributed by atoms with Gasteiger partial charge in [0.1, 0.15) is 11.5 Å². The van der Waals surface area contributed by atoms with Gasteiger partial charge in [-0.15, -0.1) is 0 Å². The summed E-state index contributed by atoms with van der Waals surface area (Å²) in [6, 6.07) is 11.9. The number of anilines is 1. The van der Waals surface area contributed by atoms with E-state index >= 15 is 0 Å². The van der Waals surface area contributed by atoms with Crippen molar-refractivity contribution in [2.24, 2.45) is 0 Å². The van der Waals surface area contributed by atoms with Gasteiger partial charge < -0.3 is 9.72 Å². The molecule has 0 spiro atoms. The molecule has 0 bridgehead atoms. The van der Waals surface area contributed by atoms with Gasteiger partial charge in [0.05, 0.1) is 29.5 Å². The van der Waals surface area contributed by atoms with Crippen LogP contribution in [0.1, 0.15) is 11.3 Å². The second-order valence-electron chi connectivity index (χ2n) is 5.25. The average Bonchev–Trinajstić information content (AvgIpc) is 2.97. The molecule has 0 fully saturated rings. The molecule has 0 unspecified atom stereocenters. The zero-order valence-electron chi connectivity index (χ0n) is 12.2. The highest BCUT2D eigenvalue weighted by molar-refractivity contribution is 5.75. The molecule has 3 heterocycles. The highest BCUT2D eigenvalue weighted by atomic mass is 15.1. The second kappa shape index (κ2) is 5.11. The van der Waals surface area contributed by atoms with Gasteiger partial charge in [-0.1, -0.05) is 18.2 Å². The second-order valence-corrected chi connectivity index (χ2v) is 5.25. The normalized spacial score (nSPS) is 11.1. The van der Waals surface area contributed by atoms with Crippen molar-refractivity contribution in [3.63, 3.8) is 0 Å². The Kier molecular flexibility index (Phi) is 2.96. The van der Waals surface area contributed by atoms with Crippen LogP contribution in [0.25, 0.3) is 16.7 Å².